The van der Waals surface area contributed by atoms with Gasteiger partial charge in [0.1, 0.15) is 0 Å². The molecule has 8 heteroatoms. The van der Waals surface area contributed by atoms with Gasteiger partial charge >= 0.3 is 0 Å². The van der Waals surface area contributed by atoms with Crippen LogP contribution in [0.3, 0.4) is 0 Å². The number of nitrogens with zero attached hydrogens (tertiary/aromatic N) is 1. The van der Waals surface area contributed by atoms with Crippen molar-refractivity contribution in [3.63, 3.8) is 0 Å². The lowest BCUT2D eigenvalue weighted by Gasteiger charge is -2.12. The molecule has 0 saturated carbocycles. The number of aromatic nitrogens is 1. The summed E-state index contributed by atoms with van der Waals surface area (Å²) in [5, 5.41) is 0.807. The Balaban J connectivity index is 2.18. The van der Waals surface area contributed by atoms with Gasteiger partial charge in [-0.3, -0.25) is 4.18 Å². The molecule has 2 aromatic carbocycles. The number of para-hydroxylation sites is 1. The van der Waals surface area contributed by atoms with Gasteiger partial charge in [-0.05, 0) is 30.7 Å². The summed E-state index contributed by atoms with van der Waals surface area (Å²) in [6, 6.07) is 15.4. The maximum Gasteiger partial charge on any atom is 0.268 e. The molecule has 0 N–H and O–H groups in total. The van der Waals surface area contributed by atoms with Crippen molar-refractivity contribution in [1.82, 2.24) is 3.97 Å². The molecule has 26 heavy (non-hydrogen) atoms. The quantitative estimate of drug-likeness (QED) is 0.602. The predicted molar refractivity (Wildman–Crippen MR) is 100 cm³/mol. The molecule has 0 aliphatic rings. The average molecular weight is 393 g/mol. The second-order valence-electron chi connectivity index (χ2n) is 5.95. The molecule has 1 heterocycles. The Hall–Kier alpha value is -2.16. The van der Waals surface area contributed by atoms with Crippen LogP contribution in [-0.4, -0.2) is 33.7 Å². The standard InChI is InChI=1S/C18H19NO5S2/c1-14-16-10-6-7-11-18(16)19(17(14)12-13-24-25(2,20)21)26(22,23)15-8-4-3-5-9-15/h3-11H,12-13H2,1-2H3. The van der Waals surface area contributed by atoms with Crippen LogP contribution in [0.1, 0.15) is 11.3 Å². The molecule has 0 radical (unpaired) electrons. The molecule has 0 aliphatic heterocycles. The van der Waals surface area contributed by atoms with E-state index in [4.69, 9.17) is 4.18 Å². The normalized spacial score (nSPS) is 12.5. The number of hydrogen-bond donors (Lipinski definition) is 0. The Bertz CT molecular complexity index is 1150. The van der Waals surface area contributed by atoms with Gasteiger partial charge in [0.2, 0.25) is 0 Å². The molecular formula is C18H19NO5S2. The lowest BCUT2D eigenvalue weighted by molar-refractivity contribution is 0.324. The molecule has 0 spiro atoms. The molecule has 138 valence electrons. The summed E-state index contributed by atoms with van der Waals surface area (Å²) in [5.74, 6) is 0. The first-order chi connectivity index (χ1) is 12.2. The van der Waals surface area contributed by atoms with Crippen molar-refractivity contribution in [2.24, 2.45) is 0 Å². The van der Waals surface area contributed by atoms with E-state index in [0.717, 1.165) is 17.2 Å². The van der Waals surface area contributed by atoms with Gasteiger partial charge in [-0.15, -0.1) is 0 Å². The van der Waals surface area contributed by atoms with Crippen LogP contribution in [0.5, 0.6) is 0 Å². The van der Waals surface area contributed by atoms with E-state index in [1.807, 2.05) is 19.1 Å². The Morgan fingerprint density at radius 2 is 1.54 bits per heavy atom. The van der Waals surface area contributed by atoms with E-state index >= 15 is 0 Å². The first-order valence-corrected chi connectivity index (χ1v) is 11.2. The van der Waals surface area contributed by atoms with Crippen LogP contribution >= 0.6 is 0 Å². The van der Waals surface area contributed by atoms with Crippen molar-refractivity contribution >= 4 is 31.0 Å². The maximum atomic E-state index is 13.2. The second-order valence-corrected chi connectivity index (χ2v) is 9.38. The second kappa shape index (κ2) is 6.86. The Morgan fingerprint density at radius 3 is 2.19 bits per heavy atom. The molecule has 6 nitrogen and oxygen atoms in total. The fourth-order valence-corrected chi connectivity index (χ4v) is 5.01. The van der Waals surface area contributed by atoms with Crippen molar-refractivity contribution in [3.8, 4) is 0 Å². The van der Waals surface area contributed by atoms with E-state index in [1.165, 1.54) is 16.1 Å². The molecular weight excluding hydrogens is 374 g/mol. The highest BCUT2D eigenvalue weighted by Crippen LogP contribution is 2.30. The molecule has 3 rings (SSSR count). The summed E-state index contributed by atoms with van der Waals surface area (Å²) in [7, 11) is -7.43. The minimum Gasteiger partial charge on any atom is -0.270 e. The van der Waals surface area contributed by atoms with E-state index < -0.39 is 20.1 Å². The fourth-order valence-electron chi connectivity index (χ4n) is 2.97. The van der Waals surface area contributed by atoms with Gasteiger partial charge in [-0.1, -0.05) is 36.4 Å². The van der Waals surface area contributed by atoms with Gasteiger partial charge < -0.3 is 0 Å². The van der Waals surface area contributed by atoms with Crippen molar-refractivity contribution in [2.75, 3.05) is 12.9 Å². The molecule has 3 aromatic rings. The van der Waals surface area contributed by atoms with Crippen molar-refractivity contribution in [1.29, 1.82) is 0 Å². The summed E-state index contributed by atoms with van der Waals surface area (Å²) >= 11 is 0. The topological polar surface area (TPSA) is 82.4 Å². The van der Waals surface area contributed by atoms with Gasteiger partial charge in [-0.2, -0.15) is 8.42 Å². The van der Waals surface area contributed by atoms with Crippen LogP contribution in [0.15, 0.2) is 59.5 Å². The van der Waals surface area contributed by atoms with E-state index in [0.29, 0.717) is 11.2 Å². The highest BCUT2D eigenvalue weighted by atomic mass is 32.2. The summed E-state index contributed by atoms with van der Waals surface area (Å²) in [4.78, 5) is 0.172. The smallest absolute Gasteiger partial charge is 0.268 e. The third-order valence-corrected chi connectivity index (χ3v) is 6.48. The molecule has 0 aliphatic carbocycles. The predicted octanol–water partition coefficient (Wildman–Crippen LogP) is 2.71. The van der Waals surface area contributed by atoms with Crippen LogP contribution in [0.25, 0.3) is 10.9 Å². The van der Waals surface area contributed by atoms with Gasteiger partial charge in [-0.25, -0.2) is 12.4 Å². The van der Waals surface area contributed by atoms with E-state index in [-0.39, 0.29) is 17.9 Å². The Kier molecular flexibility index (Phi) is 4.92. The van der Waals surface area contributed by atoms with E-state index in [2.05, 4.69) is 0 Å². The highest BCUT2D eigenvalue weighted by Gasteiger charge is 2.25. The molecule has 1 aromatic heterocycles. The first-order valence-electron chi connectivity index (χ1n) is 7.96. The van der Waals surface area contributed by atoms with E-state index in [1.54, 1.807) is 30.3 Å². The number of fused-ring (bicyclic) bond motifs is 1. The first kappa shape index (κ1) is 18.6. The molecule has 0 amide bonds. The van der Waals surface area contributed by atoms with Crippen molar-refractivity contribution in [2.45, 2.75) is 18.2 Å². The van der Waals surface area contributed by atoms with Crippen molar-refractivity contribution < 1.29 is 21.0 Å². The molecule has 0 atom stereocenters. The van der Waals surface area contributed by atoms with Crippen LogP contribution < -0.4 is 0 Å². The zero-order valence-electron chi connectivity index (χ0n) is 14.4. The summed E-state index contributed by atoms with van der Waals surface area (Å²) < 4.78 is 55.1. The van der Waals surface area contributed by atoms with Crippen molar-refractivity contribution in [3.05, 3.63) is 65.9 Å². The van der Waals surface area contributed by atoms with E-state index in [9.17, 15) is 16.8 Å². The number of benzene rings is 2. The Labute approximate surface area is 153 Å². The third kappa shape index (κ3) is 3.53. The number of aryl methyl sites for hydroxylation is 1. The largest absolute Gasteiger partial charge is 0.270 e. The zero-order valence-corrected chi connectivity index (χ0v) is 16.0. The molecule has 0 unspecified atom stereocenters. The van der Waals surface area contributed by atoms with Gasteiger partial charge in [0.15, 0.2) is 0 Å². The molecule has 0 fully saturated rings. The van der Waals surface area contributed by atoms with Crippen LogP contribution in [0, 0.1) is 6.92 Å². The van der Waals surface area contributed by atoms with Gasteiger partial charge in [0, 0.05) is 17.5 Å². The minimum absolute atomic E-state index is 0.125. The molecule has 0 saturated heterocycles. The molecule has 0 bridgehead atoms. The van der Waals surface area contributed by atoms with Crippen LogP contribution in [0.4, 0.5) is 0 Å². The average Bonchev–Trinajstić information content (AvgIpc) is 2.88. The Morgan fingerprint density at radius 1 is 0.923 bits per heavy atom. The SMILES string of the molecule is Cc1c(CCOS(C)(=O)=O)n(S(=O)(=O)c2ccccc2)c2ccccc12. The summed E-state index contributed by atoms with van der Waals surface area (Å²) in [6.07, 6.45) is 1.12. The van der Waals surface area contributed by atoms with Gasteiger partial charge in [0.05, 0.1) is 23.3 Å². The lowest BCUT2D eigenvalue weighted by Crippen LogP contribution is -2.18. The van der Waals surface area contributed by atoms with Crippen LogP contribution in [-0.2, 0) is 30.7 Å². The summed E-state index contributed by atoms with van der Waals surface area (Å²) in [6.45, 7) is 1.70. The minimum atomic E-state index is -3.83. The lowest BCUT2D eigenvalue weighted by atomic mass is 10.1. The monoisotopic (exact) mass is 393 g/mol. The summed E-state index contributed by atoms with van der Waals surface area (Å²) in [5.41, 5.74) is 1.86. The number of hydrogen-bond acceptors (Lipinski definition) is 5. The fraction of sp³-hybridized carbons (Fsp3) is 0.222. The maximum absolute atomic E-state index is 13.2. The van der Waals surface area contributed by atoms with Gasteiger partial charge in [0.25, 0.3) is 20.1 Å². The zero-order chi connectivity index (χ0) is 18.9. The highest BCUT2D eigenvalue weighted by molar-refractivity contribution is 7.90. The van der Waals surface area contributed by atoms with Crippen LogP contribution in [0.2, 0.25) is 0 Å². The number of rotatable bonds is 6. The third-order valence-electron chi connectivity index (χ3n) is 4.12.